The first-order valence-electron chi connectivity index (χ1n) is 3.56. The van der Waals surface area contributed by atoms with E-state index in [9.17, 15) is 0 Å². The van der Waals surface area contributed by atoms with Crippen LogP contribution in [-0.2, 0) is 18.2 Å². The highest BCUT2D eigenvalue weighted by Crippen LogP contribution is 2.31. The first kappa shape index (κ1) is 6.86. The third kappa shape index (κ3) is 0.940. The zero-order chi connectivity index (χ0) is 6.97. The van der Waals surface area contributed by atoms with Gasteiger partial charge in [0, 0.05) is 10.2 Å². The lowest BCUT2D eigenvalue weighted by Crippen LogP contribution is -1.80. The molecule has 0 aromatic carbocycles. The Balaban J connectivity index is 2.44. The topological polar surface area (TPSA) is 0 Å². The van der Waals surface area contributed by atoms with E-state index in [0.29, 0.717) is 0 Å². The monoisotopic (exact) mass is 216 g/mol. The molecule has 10 heavy (non-hydrogen) atoms. The molecule has 0 nitrogen and oxygen atoms in total. The summed E-state index contributed by atoms with van der Waals surface area (Å²) in [4.78, 5) is 1.63. The molecule has 1 aliphatic carbocycles. The summed E-state index contributed by atoms with van der Waals surface area (Å²) >= 11 is 5.43. The Morgan fingerprint density at radius 2 is 2.40 bits per heavy atom. The Morgan fingerprint density at radius 3 is 3.20 bits per heavy atom. The molecule has 2 rings (SSSR count). The molecule has 0 N–H and O–H groups in total. The minimum atomic E-state index is 1.04. The van der Waals surface area contributed by atoms with Crippen molar-refractivity contribution >= 4 is 27.3 Å². The summed E-state index contributed by atoms with van der Waals surface area (Å²) in [6, 6.07) is 0. The quantitative estimate of drug-likeness (QED) is 0.634. The van der Waals surface area contributed by atoms with Gasteiger partial charge in [-0.1, -0.05) is 15.9 Å². The molecule has 54 valence electrons. The van der Waals surface area contributed by atoms with Gasteiger partial charge in [-0.25, -0.2) is 0 Å². The number of aryl methyl sites for hydroxylation is 1. The first-order valence-corrected chi connectivity index (χ1v) is 5.56. The van der Waals surface area contributed by atoms with E-state index < -0.39 is 0 Å². The van der Waals surface area contributed by atoms with E-state index in [-0.39, 0.29) is 0 Å². The smallest absolute Gasteiger partial charge is 0.0294 e. The molecule has 0 atom stereocenters. The SMILES string of the molecule is BrCc1csc2c1CCC2. The number of hydrogen-bond donors (Lipinski definition) is 0. The van der Waals surface area contributed by atoms with E-state index in [4.69, 9.17) is 0 Å². The Kier molecular flexibility index (Phi) is 1.83. The average Bonchev–Trinajstić information content (AvgIpc) is 2.44. The molecule has 0 amide bonds. The van der Waals surface area contributed by atoms with Gasteiger partial charge >= 0.3 is 0 Å². The molecule has 0 radical (unpaired) electrons. The van der Waals surface area contributed by atoms with Crippen molar-refractivity contribution in [2.45, 2.75) is 24.6 Å². The lowest BCUT2D eigenvalue weighted by Gasteiger charge is -1.92. The van der Waals surface area contributed by atoms with Gasteiger partial charge in [-0.2, -0.15) is 0 Å². The van der Waals surface area contributed by atoms with E-state index in [1.54, 1.807) is 10.4 Å². The normalized spacial score (nSPS) is 15.7. The van der Waals surface area contributed by atoms with Crippen molar-refractivity contribution in [1.82, 2.24) is 0 Å². The van der Waals surface area contributed by atoms with E-state index >= 15 is 0 Å². The van der Waals surface area contributed by atoms with Crippen LogP contribution in [0.5, 0.6) is 0 Å². The van der Waals surface area contributed by atoms with E-state index in [0.717, 1.165) is 5.33 Å². The maximum absolute atomic E-state index is 3.50. The fourth-order valence-corrected chi connectivity index (χ4v) is 3.37. The summed E-state index contributed by atoms with van der Waals surface area (Å²) < 4.78 is 0. The van der Waals surface area contributed by atoms with Gasteiger partial charge in [-0.05, 0) is 35.8 Å². The Morgan fingerprint density at radius 1 is 1.50 bits per heavy atom. The molecule has 1 aromatic rings. The van der Waals surface area contributed by atoms with Crippen LogP contribution in [0.3, 0.4) is 0 Å². The fourth-order valence-electron chi connectivity index (χ4n) is 1.51. The van der Waals surface area contributed by atoms with Crippen molar-refractivity contribution in [1.29, 1.82) is 0 Å². The number of fused-ring (bicyclic) bond motifs is 1. The molecule has 1 aliphatic rings. The minimum absolute atomic E-state index is 1.04. The number of alkyl halides is 1. The van der Waals surface area contributed by atoms with Gasteiger partial charge < -0.3 is 0 Å². The van der Waals surface area contributed by atoms with Crippen LogP contribution in [0.25, 0.3) is 0 Å². The number of halogens is 1. The van der Waals surface area contributed by atoms with Gasteiger partial charge in [0.25, 0.3) is 0 Å². The third-order valence-electron chi connectivity index (χ3n) is 2.04. The fraction of sp³-hybridized carbons (Fsp3) is 0.500. The molecule has 0 bridgehead atoms. The average molecular weight is 217 g/mol. The highest BCUT2D eigenvalue weighted by molar-refractivity contribution is 9.08. The lowest BCUT2D eigenvalue weighted by atomic mass is 10.2. The maximum Gasteiger partial charge on any atom is 0.0294 e. The van der Waals surface area contributed by atoms with Gasteiger partial charge in [0.15, 0.2) is 0 Å². The van der Waals surface area contributed by atoms with Crippen LogP contribution in [0.4, 0.5) is 0 Å². The molecular formula is C8H9BrS. The van der Waals surface area contributed by atoms with Crippen molar-refractivity contribution in [2.75, 3.05) is 0 Å². The molecular weight excluding hydrogens is 208 g/mol. The molecule has 2 heteroatoms. The second kappa shape index (κ2) is 2.67. The molecule has 0 aliphatic heterocycles. The van der Waals surface area contributed by atoms with Crippen molar-refractivity contribution in [3.63, 3.8) is 0 Å². The van der Waals surface area contributed by atoms with Crippen LogP contribution < -0.4 is 0 Å². The van der Waals surface area contributed by atoms with Crippen LogP contribution in [0.1, 0.15) is 22.4 Å². The van der Waals surface area contributed by atoms with Crippen LogP contribution in [0, 0.1) is 0 Å². The number of rotatable bonds is 1. The van der Waals surface area contributed by atoms with Gasteiger partial charge in [-0.15, -0.1) is 11.3 Å². The van der Waals surface area contributed by atoms with E-state index in [1.807, 2.05) is 11.3 Å². The highest BCUT2D eigenvalue weighted by atomic mass is 79.9. The summed E-state index contributed by atoms with van der Waals surface area (Å²) in [7, 11) is 0. The Bertz CT molecular complexity index is 239. The largest absolute Gasteiger partial charge is 0.148 e. The van der Waals surface area contributed by atoms with Crippen LogP contribution in [-0.4, -0.2) is 0 Å². The number of hydrogen-bond acceptors (Lipinski definition) is 1. The summed E-state index contributed by atoms with van der Waals surface area (Å²) in [5.74, 6) is 0. The standard InChI is InChI=1S/C8H9BrS/c9-4-6-5-10-8-3-1-2-7(6)8/h5H,1-4H2. The first-order chi connectivity index (χ1) is 4.92. The van der Waals surface area contributed by atoms with Gasteiger partial charge in [0.1, 0.15) is 0 Å². The Labute approximate surface area is 73.4 Å². The van der Waals surface area contributed by atoms with Crippen LogP contribution in [0.15, 0.2) is 5.38 Å². The van der Waals surface area contributed by atoms with Gasteiger partial charge in [0.05, 0.1) is 0 Å². The summed E-state index contributed by atoms with van der Waals surface area (Å²) in [6.45, 7) is 0. The maximum atomic E-state index is 3.50. The molecule has 0 spiro atoms. The van der Waals surface area contributed by atoms with Crippen molar-refractivity contribution in [3.05, 3.63) is 21.4 Å². The van der Waals surface area contributed by atoms with Crippen LogP contribution >= 0.6 is 27.3 Å². The zero-order valence-electron chi connectivity index (χ0n) is 5.69. The van der Waals surface area contributed by atoms with Crippen molar-refractivity contribution in [3.8, 4) is 0 Å². The van der Waals surface area contributed by atoms with E-state index in [2.05, 4.69) is 21.3 Å². The molecule has 1 heterocycles. The minimum Gasteiger partial charge on any atom is -0.148 e. The lowest BCUT2D eigenvalue weighted by molar-refractivity contribution is 0.911. The van der Waals surface area contributed by atoms with Gasteiger partial charge in [-0.3, -0.25) is 0 Å². The van der Waals surface area contributed by atoms with E-state index in [1.165, 1.54) is 24.8 Å². The second-order valence-electron chi connectivity index (χ2n) is 2.65. The molecule has 1 aromatic heterocycles. The highest BCUT2D eigenvalue weighted by Gasteiger charge is 2.15. The molecule has 0 saturated heterocycles. The molecule has 0 fully saturated rings. The number of thiophene rings is 1. The van der Waals surface area contributed by atoms with Crippen molar-refractivity contribution in [2.24, 2.45) is 0 Å². The summed E-state index contributed by atoms with van der Waals surface area (Å²) in [5, 5.41) is 3.33. The second-order valence-corrected chi connectivity index (χ2v) is 4.17. The van der Waals surface area contributed by atoms with Crippen molar-refractivity contribution < 1.29 is 0 Å². The Hall–Kier alpha value is 0.180. The molecule has 0 saturated carbocycles. The summed E-state index contributed by atoms with van der Waals surface area (Å²) in [5.41, 5.74) is 3.17. The van der Waals surface area contributed by atoms with Crippen LogP contribution in [0.2, 0.25) is 0 Å². The zero-order valence-corrected chi connectivity index (χ0v) is 8.09. The predicted molar refractivity (Wildman–Crippen MR) is 49.0 cm³/mol. The summed E-state index contributed by atoms with van der Waals surface area (Å²) in [6.07, 6.45) is 4.02. The third-order valence-corrected chi connectivity index (χ3v) is 3.78. The van der Waals surface area contributed by atoms with Gasteiger partial charge in [0.2, 0.25) is 0 Å². The predicted octanol–water partition coefficient (Wildman–Crippen LogP) is 3.13. The molecule has 0 unspecified atom stereocenters.